The van der Waals surface area contributed by atoms with Crippen LogP contribution in [0.2, 0.25) is 0 Å². The van der Waals surface area contributed by atoms with E-state index in [9.17, 15) is 23.6 Å². The molecular weight excluding hydrogens is 544 g/mol. The summed E-state index contributed by atoms with van der Waals surface area (Å²) in [5.74, 6) is -4.67. The van der Waals surface area contributed by atoms with Crippen molar-refractivity contribution in [2.45, 2.75) is 77.6 Å². The Balaban J connectivity index is 1.76. The molecule has 1 N–H and O–H groups in total. The van der Waals surface area contributed by atoms with E-state index in [0.29, 0.717) is 18.9 Å². The van der Waals surface area contributed by atoms with Gasteiger partial charge in [-0.3, -0.25) is 19.2 Å². The number of hydrogen-bond donors (Lipinski definition) is 1. The lowest BCUT2D eigenvalue weighted by Gasteiger charge is -2.45. The van der Waals surface area contributed by atoms with E-state index in [-0.39, 0.29) is 23.8 Å². The Morgan fingerprint density at radius 2 is 1.69 bits per heavy atom. The van der Waals surface area contributed by atoms with Gasteiger partial charge in [0.1, 0.15) is 41.9 Å². The molecule has 226 valence electrons. The second kappa shape index (κ2) is 12.2. The van der Waals surface area contributed by atoms with E-state index in [1.807, 2.05) is 38.1 Å². The molecule has 2 aromatic carbocycles. The highest BCUT2D eigenvalue weighted by atomic mass is 19.1. The third-order valence-electron chi connectivity index (χ3n) is 7.64. The quantitative estimate of drug-likeness (QED) is 0.475. The van der Waals surface area contributed by atoms with Gasteiger partial charge in [-0.2, -0.15) is 0 Å². The normalized spacial score (nSPS) is 19.9. The molecule has 0 saturated carbocycles. The monoisotopic (exact) mass is 583 g/mol. The van der Waals surface area contributed by atoms with Crippen LogP contribution in [0.4, 0.5) is 8.78 Å². The molecule has 1 unspecified atom stereocenters. The van der Waals surface area contributed by atoms with Gasteiger partial charge in [0.2, 0.25) is 17.7 Å². The molecule has 1 saturated heterocycles. The number of fused-ring (bicyclic) bond motifs is 1. The largest absolute Gasteiger partial charge is 0.459 e. The number of esters is 1. The summed E-state index contributed by atoms with van der Waals surface area (Å²) in [4.78, 5) is 57.0. The molecule has 4 rings (SSSR count). The first-order valence-electron chi connectivity index (χ1n) is 14.3. The summed E-state index contributed by atoms with van der Waals surface area (Å²) in [7, 11) is 1.34. The first-order chi connectivity index (χ1) is 19.7. The number of benzene rings is 2. The average Bonchev–Trinajstić information content (AvgIpc) is 3.31. The summed E-state index contributed by atoms with van der Waals surface area (Å²) in [5.41, 5.74) is 1.09. The van der Waals surface area contributed by atoms with Gasteiger partial charge in [0.25, 0.3) is 0 Å². The fourth-order valence-corrected chi connectivity index (χ4v) is 5.85. The maximum absolute atomic E-state index is 15.4. The van der Waals surface area contributed by atoms with Crippen LogP contribution in [-0.4, -0.2) is 64.8 Å². The van der Waals surface area contributed by atoms with Gasteiger partial charge in [0.15, 0.2) is 0 Å². The molecule has 3 amide bonds. The maximum atomic E-state index is 15.4. The van der Waals surface area contributed by atoms with Crippen LogP contribution >= 0.6 is 0 Å². The number of halogens is 2. The molecule has 2 aliphatic rings. The van der Waals surface area contributed by atoms with Gasteiger partial charge in [-0.1, -0.05) is 44.2 Å². The van der Waals surface area contributed by atoms with Gasteiger partial charge in [0.05, 0.1) is 0 Å². The smallest absolute Gasteiger partial charge is 0.326 e. The minimum absolute atomic E-state index is 0.0587. The predicted molar refractivity (Wildman–Crippen MR) is 152 cm³/mol. The molecule has 1 fully saturated rings. The topological polar surface area (TPSA) is 96.0 Å². The number of likely N-dealkylation sites (N-methyl/N-ethyl adjacent to an activating group) is 1. The van der Waals surface area contributed by atoms with Gasteiger partial charge in [-0.25, -0.2) is 8.78 Å². The maximum Gasteiger partial charge on any atom is 0.326 e. The summed E-state index contributed by atoms with van der Waals surface area (Å²) in [6.07, 6.45) is 1.31. The second-order valence-corrected chi connectivity index (χ2v) is 12.7. The van der Waals surface area contributed by atoms with Crippen molar-refractivity contribution in [3.8, 4) is 0 Å². The SMILES string of the molecule is CC(C)C[C@@H]1C(=O)NC(C2Cc3ccccc3C2)C(=O)N1[C@@H](C(=O)N(C)CC(=O)OC(C)(C)C)c1ccc(F)cc1F. The van der Waals surface area contributed by atoms with Crippen LogP contribution in [0.1, 0.15) is 63.8 Å². The van der Waals surface area contributed by atoms with Crippen LogP contribution < -0.4 is 5.32 Å². The molecule has 1 heterocycles. The number of piperazine rings is 1. The number of hydrogen-bond acceptors (Lipinski definition) is 5. The van der Waals surface area contributed by atoms with Crippen molar-refractivity contribution < 1.29 is 32.7 Å². The molecule has 3 atom stereocenters. The highest BCUT2D eigenvalue weighted by Gasteiger charge is 2.50. The summed E-state index contributed by atoms with van der Waals surface area (Å²) >= 11 is 0. The van der Waals surface area contributed by atoms with E-state index in [1.54, 1.807) is 20.8 Å². The molecule has 8 nitrogen and oxygen atoms in total. The van der Waals surface area contributed by atoms with Crippen LogP contribution in [0.15, 0.2) is 42.5 Å². The molecule has 0 spiro atoms. The number of ether oxygens (including phenoxy) is 1. The van der Waals surface area contributed by atoms with Crippen LogP contribution in [0.5, 0.6) is 0 Å². The first kappa shape index (κ1) is 31.1. The lowest BCUT2D eigenvalue weighted by Crippen LogP contribution is -2.67. The van der Waals surface area contributed by atoms with E-state index in [1.165, 1.54) is 7.05 Å². The van der Waals surface area contributed by atoms with Crippen LogP contribution in [0, 0.1) is 23.5 Å². The zero-order valence-electron chi connectivity index (χ0n) is 24.9. The van der Waals surface area contributed by atoms with Gasteiger partial charge in [-0.05, 0) is 69.1 Å². The van der Waals surface area contributed by atoms with E-state index in [4.69, 9.17) is 4.74 Å². The fourth-order valence-electron chi connectivity index (χ4n) is 5.85. The number of carbonyl (C=O) groups excluding carboxylic acids is 4. The highest BCUT2D eigenvalue weighted by molar-refractivity contribution is 6.00. The van der Waals surface area contributed by atoms with Crippen molar-refractivity contribution in [1.82, 2.24) is 15.1 Å². The Bertz CT molecular complexity index is 1350. The summed E-state index contributed by atoms with van der Waals surface area (Å²) < 4.78 is 34.8. The number of amides is 3. The lowest BCUT2D eigenvalue weighted by atomic mass is 9.87. The zero-order chi connectivity index (χ0) is 30.9. The number of rotatable bonds is 8. The van der Waals surface area contributed by atoms with E-state index in [0.717, 1.165) is 33.1 Å². The Morgan fingerprint density at radius 3 is 2.24 bits per heavy atom. The summed E-state index contributed by atoms with van der Waals surface area (Å²) in [5, 5.41) is 2.90. The Labute approximate surface area is 245 Å². The molecular formula is C32H39F2N3O5. The molecule has 1 aliphatic carbocycles. The minimum atomic E-state index is -1.62. The Hall–Kier alpha value is -3.82. The molecule has 0 radical (unpaired) electrons. The van der Waals surface area contributed by atoms with Gasteiger partial charge in [0, 0.05) is 18.7 Å². The van der Waals surface area contributed by atoms with Gasteiger partial charge >= 0.3 is 5.97 Å². The third-order valence-corrected chi connectivity index (χ3v) is 7.64. The number of nitrogens with one attached hydrogen (secondary N) is 1. The van der Waals surface area contributed by atoms with Crippen molar-refractivity contribution in [2.24, 2.45) is 11.8 Å². The Kier molecular flexibility index (Phi) is 9.03. The predicted octanol–water partition coefficient (Wildman–Crippen LogP) is 3.96. The fraction of sp³-hybridized carbons (Fsp3) is 0.500. The summed E-state index contributed by atoms with van der Waals surface area (Å²) in [6.45, 7) is 8.34. The van der Waals surface area contributed by atoms with Crippen molar-refractivity contribution in [2.75, 3.05) is 13.6 Å². The van der Waals surface area contributed by atoms with E-state index in [2.05, 4.69) is 5.32 Å². The number of carbonyl (C=O) groups is 4. The average molecular weight is 584 g/mol. The molecule has 42 heavy (non-hydrogen) atoms. The van der Waals surface area contributed by atoms with Crippen molar-refractivity contribution in [1.29, 1.82) is 0 Å². The van der Waals surface area contributed by atoms with E-state index < -0.39 is 65.6 Å². The number of nitrogens with zero attached hydrogens (tertiary/aromatic N) is 2. The molecule has 10 heteroatoms. The molecule has 2 aromatic rings. The van der Waals surface area contributed by atoms with Gasteiger partial charge < -0.3 is 19.9 Å². The Morgan fingerprint density at radius 1 is 1.07 bits per heavy atom. The van der Waals surface area contributed by atoms with Crippen molar-refractivity contribution >= 4 is 23.7 Å². The van der Waals surface area contributed by atoms with Crippen LogP contribution in [0.25, 0.3) is 0 Å². The first-order valence-corrected chi connectivity index (χ1v) is 14.3. The molecule has 0 aromatic heterocycles. The standard InChI is InChI=1S/C32H39F2N3O5/c1-18(2)13-25-29(39)35-27(21-14-19-9-7-8-10-20(19)15-21)30(40)37(25)28(23-12-11-22(33)16-24(23)34)31(41)36(6)17-26(38)42-32(3,4)5/h7-12,16,18,21,25,27-28H,13-15,17H2,1-6H3,(H,35,39)/t25-,27?,28-/m1/s1. The van der Waals surface area contributed by atoms with Crippen molar-refractivity contribution in [3.63, 3.8) is 0 Å². The lowest BCUT2D eigenvalue weighted by molar-refractivity contribution is -0.163. The highest BCUT2D eigenvalue weighted by Crippen LogP contribution is 2.36. The third kappa shape index (κ3) is 6.79. The zero-order valence-corrected chi connectivity index (χ0v) is 24.9. The van der Waals surface area contributed by atoms with Crippen molar-refractivity contribution in [3.05, 3.63) is 70.8 Å². The second-order valence-electron chi connectivity index (χ2n) is 12.7. The van der Waals surface area contributed by atoms with Crippen LogP contribution in [0.3, 0.4) is 0 Å². The van der Waals surface area contributed by atoms with Crippen LogP contribution in [-0.2, 0) is 36.8 Å². The minimum Gasteiger partial charge on any atom is -0.459 e. The molecule has 1 aliphatic heterocycles. The van der Waals surface area contributed by atoms with E-state index >= 15 is 4.39 Å². The molecule has 0 bridgehead atoms. The van der Waals surface area contributed by atoms with Gasteiger partial charge in [-0.15, -0.1) is 0 Å². The summed E-state index contributed by atoms with van der Waals surface area (Å²) in [6, 6.07) is 6.89.